The minimum Gasteiger partial charge on any atom is -0.481 e. The number of nitrogens with zero attached hydrogens (tertiary/aromatic N) is 1. The van der Waals surface area contributed by atoms with Crippen LogP contribution in [0, 0.1) is 11.8 Å². The first-order valence-electron chi connectivity index (χ1n) is 5.76. The highest BCUT2D eigenvalue weighted by molar-refractivity contribution is 8.13. The molecule has 102 valence electrons. The summed E-state index contributed by atoms with van der Waals surface area (Å²) in [5.41, 5.74) is 0. The van der Waals surface area contributed by atoms with Crippen molar-refractivity contribution < 1.29 is 24.6 Å². The second-order valence-corrected chi connectivity index (χ2v) is 5.55. The summed E-state index contributed by atoms with van der Waals surface area (Å²) in [6.07, 6.45) is 0.127. The Morgan fingerprint density at radius 3 is 2.22 bits per heavy atom. The summed E-state index contributed by atoms with van der Waals surface area (Å²) in [6, 6.07) is 0. The predicted molar refractivity (Wildman–Crippen MR) is 66.6 cm³/mol. The summed E-state index contributed by atoms with van der Waals surface area (Å²) in [7, 11) is 0. The summed E-state index contributed by atoms with van der Waals surface area (Å²) in [5, 5.41) is 17.9. The van der Waals surface area contributed by atoms with E-state index in [1.54, 1.807) is 0 Å². The fourth-order valence-electron chi connectivity index (χ4n) is 2.11. The van der Waals surface area contributed by atoms with Crippen molar-refractivity contribution in [3.63, 3.8) is 0 Å². The fourth-order valence-corrected chi connectivity index (χ4v) is 2.94. The maximum absolute atomic E-state index is 11.2. The highest BCUT2D eigenvalue weighted by Gasteiger charge is 2.32. The van der Waals surface area contributed by atoms with E-state index in [4.69, 9.17) is 10.2 Å². The van der Waals surface area contributed by atoms with Crippen LogP contribution in [0.15, 0.2) is 0 Å². The topological polar surface area (TPSA) is 94.9 Å². The van der Waals surface area contributed by atoms with Gasteiger partial charge in [-0.3, -0.25) is 9.59 Å². The van der Waals surface area contributed by atoms with Crippen LogP contribution in [0.2, 0.25) is 0 Å². The van der Waals surface area contributed by atoms with Gasteiger partial charge in [-0.05, 0) is 18.8 Å². The van der Waals surface area contributed by atoms with Gasteiger partial charge < -0.3 is 15.1 Å². The van der Waals surface area contributed by atoms with E-state index in [1.807, 2.05) is 0 Å². The Hall–Kier alpha value is -1.24. The zero-order valence-corrected chi connectivity index (χ0v) is 11.0. The third-order valence-electron chi connectivity index (χ3n) is 3.16. The first-order chi connectivity index (χ1) is 8.41. The summed E-state index contributed by atoms with van der Waals surface area (Å²) in [6.45, 7) is 2.15. The van der Waals surface area contributed by atoms with Gasteiger partial charge in [0.25, 0.3) is 0 Å². The molecule has 7 heteroatoms. The van der Waals surface area contributed by atoms with Crippen LogP contribution in [-0.2, 0) is 9.59 Å². The normalized spacial score (nSPS) is 18.4. The molecule has 0 bridgehead atoms. The molecule has 0 aromatic rings. The van der Waals surface area contributed by atoms with Crippen molar-refractivity contribution in [1.29, 1.82) is 0 Å². The van der Waals surface area contributed by atoms with Gasteiger partial charge in [0.1, 0.15) is 0 Å². The monoisotopic (exact) mass is 275 g/mol. The maximum atomic E-state index is 11.2. The molecule has 0 saturated carbocycles. The van der Waals surface area contributed by atoms with Crippen LogP contribution in [0.5, 0.6) is 0 Å². The van der Waals surface area contributed by atoms with Gasteiger partial charge in [0.15, 0.2) is 5.12 Å². The average Bonchev–Trinajstić information content (AvgIpc) is 2.29. The van der Waals surface area contributed by atoms with E-state index >= 15 is 0 Å². The Bertz CT molecular complexity index is 338. The fraction of sp³-hybridized carbons (Fsp3) is 0.727. The average molecular weight is 275 g/mol. The van der Waals surface area contributed by atoms with E-state index in [1.165, 1.54) is 11.8 Å². The molecule has 0 spiro atoms. The molecule has 0 aromatic heterocycles. The second kappa shape index (κ2) is 6.63. The number of piperidine rings is 1. The van der Waals surface area contributed by atoms with Gasteiger partial charge in [0.2, 0.25) is 0 Å². The number of amides is 1. The highest BCUT2D eigenvalue weighted by atomic mass is 32.2. The molecule has 0 radical (unpaired) electrons. The van der Waals surface area contributed by atoms with Gasteiger partial charge in [-0.15, -0.1) is 0 Å². The SMILES string of the molecule is CC(=O)SCC(C(=O)O)C1CCN(C(=O)O)CC1. The number of carbonyl (C=O) groups is 3. The summed E-state index contributed by atoms with van der Waals surface area (Å²) >= 11 is 1.02. The van der Waals surface area contributed by atoms with Crippen molar-refractivity contribution in [1.82, 2.24) is 4.90 Å². The van der Waals surface area contributed by atoms with Crippen molar-refractivity contribution in [2.75, 3.05) is 18.8 Å². The van der Waals surface area contributed by atoms with Crippen molar-refractivity contribution >= 4 is 28.9 Å². The number of carboxylic acid groups (broad SMARTS) is 2. The van der Waals surface area contributed by atoms with E-state index in [0.717, 1.165) is 11.8 Å². The van der Waals surface area contributed by atoms with Gasteiger partial charge in [-0.2, -0.15) is 0 Å². The zero-order chi connectivity index (χ0) is 13.7. The van der Waals surface area contributed by atoms with Gasteiger partial charge in [-0.1, -0.05) is 11.8 Å². The largest absolute Gasteiger partial charge is 0.481 e. The molecule has 1 atom stereocenters. The number of hydrogen-bond acceptors (Lipinski definition) is 4. The van der Waals surface area contributed by atoms with E-state index < -0.39 is 18.0 Å². The molecular weight excluding hydrogens is 258 g/mol. The quantitative estimate of drug-likeness (QED) is 0.804. The minimum atomic E-state index is -0.960. The molecule has 1 rings (SSSR count). The lowest BCUT2D eigenvalue weighted by Crippen LogP contribution is -2.41. The van der Waals surface area contributed by atoms with E-state index in [-0.39, 0.29) is 16.8 Å². The molecule has 1 fully saturated rings. The zero-order valence-electron chi connectivity index (χ0n) is 10.2. The third kappa shape index (κ3) is 4.21. The Morgan fingerprint density at radius 1 is 1.28 bits per heavy atom. The Morgan fingerprint density at radius 2 is 1.83 bits per heavy atom. The van der Waals surface area contributed by atoms with Crippen LogP contribution >= 0.6 is 11.8 Å². The standard InChI is InChI=1S/C11H17NO5S/c1-7(13)18-6-9(10(14)15)8-2-4-12(5-3-8)11(16)17/h8-9H,2-6H2,1H3,(H,14,15)(H,16,17). The lowest BCUT2D eigenvalue weighted by atomic mass is 9.85. The van der Waals surface area contributed by atoms with Gasteiger partial charge in [-0.25, -0.2) is 4.79 Å². The Labute approximate surface area is 109 Å². The maximum Gasteiger partial charge on any atom is 0.407 e. The smallest absolute Gasteiger partial charge is 0.407 e. The number of carboxylic acids is 1. The number of likely N-dealkylation sites (tertiary alicyclic amines) is 1. The predicted octanol–water partition coefficient (Wildman–Crippen LogP) is 1.36. The molecule has 2 N–H and O–H groups in total. The molecule has 0 aromatic carbocycles. The number of rotatable bonds is 4. The molecule has 18 heavy (non-hydrogen) atoms. The van der Waals surface area contributed by atoms with Crippen LogP contribution < -0.4 is 0 Å². The molecule has 1 aliphatic rings. The number of thioether (sulfide) groups is 1. The van der Waals surface area contributed by atoms with E-state index in [0.29, 0.717) is 25.9 Å². The molecule has 6 nitrogen and oxygen atoms in total. The summed E-state index contributed by atoms with van der Waals surface area (Å²) in [4.78, 5) is 34.1. The second-order valence-electron chi connectivity index (χ2n) is 4.35. The molecular formula is C11H17NO5S. The van der Waals surface area contributed by atoms with Crippen LogP contribution in [0.25, 0.3) is 0 Å². The van der Waals surface area contributed by atoms with Crippen LogP contribution in [-0.4, -0.2) is 51.1 Å². The van der Waals surface area contributed by atoms with Crippen LogP contribution in [0.3, 0.4) is 0 Å². The molecule has 1 aliphatic heterocycles. The van der Waals surface area contributed by atoms with Crippen molar-refractivity contribution in [2.24, 2.45) is 11.8 Å². The Kier molecular flexibility index (Phi) is 5.46. The highest BCUT2D eigenvalue weighted by Crippen LogP contribution is 2.28. The van der Waals surface area contributed by atoms with Gasteiger partial charge in [0, 0.05) is 25.8 Å². The van der Waals surface area contributed by atoms with Crippen molar-refractivity contribution in [3.05, 3.63) is 0 Å². The van der Waals surface area contributed by atoms with E-state index in [2.05, 4.69) is 0 Å². The first-order valence-corrected chi connectivity index (χ1v) is 6.74. The van der Waals surface area contributed by atoms with Crippen molar-refractivity contribution in [3.8, 4) is 0 Å². The minimum absolute atomic E-state index is 0.0510. The lowest BCUT2D eigenvalue weighted by molar-refractivity contribution is -0.143. The first kappa shape index (κ1) is 14.8. The molecule has 0 aliphatic carbocycles. The van der Waals surface area contributed by atoms with Crippen molar-refractivity contribution in [2.45, 2.75) is 19.8 Å². The molecule has 1 saturated heterocycles. The number of carbonyl (C=O) groups excluding carboxylic acids is 1. The molecule has 1 unspecified atom stereocenters. The number of aliphatic carboxylic acids is 1. The van der Waals surface area contributed by atoms with Gasteiger partial charge in [0.05, 0.1) is 5.92 Å². The molecule has 1 heterocycles. The van der Waals surface area contributed by atoms with Crippen LogP contribution in [0.4, 0.5) is 4.79 Å². The number of hydrogen-bond donors (Lipinski definition) is 2. The Balaban J connectivity index is 2.53. The molecule has 1 amide bonds. The van der Waals surface area contributed by atoms with Gasteiger partial charge >= 0.3 is 12.1 Å². The lowest BCUT2D eigenvalue weighted by Gasteiger charge is -2.32. The summed E-state index contributed by atoms with van der Waals surface area (Å²) < 4.78 is 0. The summed E-state index contributed by atoms with van der Waals surface area (Å²) in [5.74, 6) is -1.26. The third-order valence-corrected chi connectivity index (χ3v) is 4.09. The van der Waals surface area contributed by atoms with Crippen LogP contribution in [0.1, 0.15) is 19.8 Å². The van der Waals surface area contributed by atoms with E-state index in [9.17, 15) is 14.4 Å².